The van der Waals surface area contributed by atoms with Gasteiger partial charge in [-0.15, -0.1) is 0 Å². The minimum Gasteiger partial charge on any atom is -0.477 e. The van der Waals surface area contributed by atoms with Crippen molar-refractivity contribution in [3.63, 3.8) is 0 Å². The molecule has 0 radical (unpaired) electrons. The van der Waals surface area contributed by atoms with Gasteiger partial charge in [0.1, 0.15) is 0 Å². The number of nitro benzene ring substituents is 1. The van der Waals surface area contributed by atoms with E-state index in [4.69, 9.17) is 16.3 Å². The van der Waals surface area contributed by atoms with Gasteiger partial charge in [-0.25, -0.2) is 4.98 Å². The summed E-state index contributed by atoms with van der Waals surface area (Å²) < 4.78 is 5.29. The molecule has 0 bridgehead atoms. The van der Waals surface area contributed by atoms with Gasteiger partial charge in [0.05, 0.1) is 22.4 Å². The molecule has 17 heavy (non-hydrogen) atoms. The summed E-state index contributed by atoms with van der Waals surface area (Å²) in [6.07, 6.45) is 0. The molecule has 2 rings (SSSR count). The second kappa shape index (κ2) is 4.50. The molecule has 1 aromatic carbocycles. The Morgan fingerprint density at radius 2 is 2.24 bits per heavy atom. The van der Waals surface area contributed by atoms with Gasteiger partial charge in [0.15, 0.2) is 0 Å². The van der Waals surface area contributed by atoms with E-state index in [1.807, 2.05) is 6.92 Å². The first-order valence-electron chi connectivity index (χ1n) is 4.86. The van der Waals surface area contributed by atoms with Gasteiger partial charge in [-0.1, -0.05) is 0 Å². The summed E-state index contributed by atoms with van der Waals surface area (Å²) in [5.41, 5.74) is 0.345. The molecule has 7 heteroatoms. The Morgan fingerprint density at radius 3 is 2.88 bits per heavy atom. The molecule has 0 aliphatic carbocycles. The van der Waals surface area contributed by atoms with Crippen molar-refractivity contribution in [2.75, 3.05) is 6.61 Å². The van der Waals surface area contributed by atoms with E-state index in [2.05, 4.69) is 9.97 Å². The average molecular weight is 254 g/mol. The molecular weight excluding hydrogens is 246 g/mol. The van der Waals surface area contributed by atoms with Gasteiger partial charge >= 0.3 is 0 Å². The number of aromatic nitrogens is 2. The first-order valence-corrected chi connectivity index (χ1v) is 5.24. The second-order valence-electron chi connectivity index (χ2n) is 3.19. The number of ether oxygens (including phenoxy) is 1. The van der Waals surface area contributed by atoms with Crippen LogP contribution in [0.25, 0.3) is 10.9 Å². The molecule has 1 heterocycles. The predicted octanol–water partition coefficient (Wildman–Crippen LogP) is 2.59. The SMILES string of the molecule is CCOc1nc(Cl)nc2cc([N+](=O)[O-])ccc12. The first-order chi connectivity index (χ1) is 8.11. The molecule has 0 amide bonds. The lowest BCUT2D eigenvalue weighted by atomic mass is 10.2. The Kier molecular flexibility index (Phi) is 3.06. The molecule has 0 atom stereocenters. The Bertz CT molecular complexity index is 588. The topological polar surface area (TPSA) is 78.2 Å². The molecule has 0 saturated heterocycles. The van der Waals surface area contributed by atoms with E-state index < -0.39 is 4.92 Å². The summed E-state index contributed by atoms with van der Waals surface area (Å²) in [7, 11) is 0. The number of hydrogen-bond acceptors (Lipinski definition) is 5. The summed E-state index contributed by atoms with van der Waals surface area (Å²) in [5.74, 6) is 0.331. The predicted molar refractivity (Wildman–Crippen MR) is 62.4 cm³/mol. The zero-order valence-corrected chi connectivity index (χ0v) is 9.64. The van der Waals surface area contributed by atoms with Crippen molar-refractivity contribution in [1.82, 2.24) is 9.97 Å². The quantitative estimate of drug-likeness (QED) is 0.477. The zero-order chi connectivity index (χ0) is 12.4. The van der Waals surface area contributed by atoms with Crippen molar-refractivity contribution in [1.29, 1.82) is 0 Å². The van der Waals surface area contributed by atoms with Gasteiger partial charge in [-0.2, -0.15) is 4.98 Å². The summed E-state index contributed by atoms with van der Waals surface area (Å²) in [6, 6.07) is 4.27. The summed E-state index contributed by atoms with van der Waals surface area (Å²) >= 11 is 5.72. The molecule has 0 aliphatic rings. The minimum atomic E-state index is -0.490. The third kappa shape index (κ3) is 2.26. The van der Waals surface area contributed by atoms with E-state index in [1.54, 1.807) is 6.07 Å². The third-order valence-corrected chi connectivity index (χ3v) is 2.28. The largest absolute Gasteiger partial charge is 0.477 e. The van der Waals surface area contributed by atoms with E-state index in [0.29, 0.717) is 23.4 Å². The van der Waals surface area contributed by atoms with Crippen molar-refractivity contribution in [2.45, 2.75) is 6.92 Å². The van der Waals surface area contributed by atoms with Crippen molar-refractivity contribution >= 4 is 28.2 Å². The number of fused-ring (bicyclic) bond motifs is 1. The Hall–Kier alpha value is -1.95. The van der Waals surface area contributed by atoms with Crippen LogP contribution in [0.4, 0.5) is 5.69 Å². The smallest absolute Gasteiger partial charge is 0.271 e. The van der Waals surface area contributed by atoms with Crippen LogP contribution in [0.3, 0.4) is 0 Å². The van der Waals surface area contributed by atoms with Crippen LogP contribution in [-0.2, 0) is 0 Å². The molecule has 0 N–H and O–H groups in total. The zero-order valence-electron chi connectivity index (χ0n) is 8.88. The number of benzene rings is 1. The number of nitro groups is 1. The van der Waals surface area contributed by atoms with Crippen LogP contribution in [0, 0.1) is 10.1 Å². The van der Waals surface area contributed by atoms with Gasteiger partial charge in [0.25, 0.3) is 5.69 Å². The van der Waals surface area contributed by atoms with E-state index >= 15 is 0 Å². The minimum absolute atomic E-state index is 0.00134. The van der Waals surface area contributed by atoms with Crippen molar-refractivity contribution in [3.8, 4) is 5.88 Å². The first kappa shape index (κ1) is 11.5. The lowest BCUT2D eigenvalue weighted by Crippen LogP contribution is -1.98. The number of hydrogen-bond donors (Lipinski definition) is 0. The molecule has 1 aromatic heterocycles. The molecule has 88 valence electrons. The van der Waals surface area contributed by atoms with Gasteiger partial charge in [0.2, 0.25) is 11.2 Å². The van der Waals surface area contributed by atoms with Crippen LogP contribution in [-0.4, -0.2) is 21.5 Å². The lowest BCUT2D eigenvalue weighted by molar-refractivity contribution is -0.384. The standard InChI is InChI=1S/C10H8ClN3O3/c1-2-17-9-7-4-3-6(14(15)16)5-8(7)12-10(11)13-9/h3-5H,2H2,1H3. The van der Waals surface area contributed by atoms with Crippen molar-refractivity contribution in [2.24, 2.45) is 0 Å². The molecule has 2 aromatic rings. The van der Waals surface area contributed by atoms with Crippen molar-refractivity contribution in [3.05, 3.63) is 33.6 Å². The monoisotopic (exact) mass is 253 g/mol. The fourth-order valence-corrected chi connectivity index (χ4v) is 1.59. The van der Waals surface area contributed by atoms with Crippen LogP contribution >= 0.6 is 11.6 Å². The molecule has 0 fully saturated rings. The van der Waals surface area contributed by atoms with E-state index in [0.717, 1.165) is 0 Å². The van der Waals surface area contributed by atoms with Gasteiger partial charge in [-0.3, -0.25) is 10.1 Å². The van der Waals surface area contributed by atoms with Crippen LogP contribution in [0.15, 0.2) is 18.2 Å². The molecule has 6 nitrogen and oxygen atoms in total. The normalized spacial score (nSPS) is 10.5. The summed E-state index contributed by atoms with van der Waals surface area (Å²) in [5, 5.41) is 11.2. The van der Waals surface area contributed by atoms with Crippen LogP contribution < -0.4 is 4.74 Å². The molecule has 0 unspecified atom stereocenters. The van der Waals surface area contributed by atoms with Gasteiger partial charge < -0.3 is 4.74 Å². The number of nitrogens with zero attached hydrogens (tertiary/aromatic N) is 3. The van der Waals surface area contributed by atoms with Crippen LogP contribution in [0.1, 0.15) is 6.92 Å². The van der Waals surface area contributed by atoms with E-state index in [9.17, 15) is 10.1 Å². The Labute approximate surface area is 101 Å². The number of non-ortho nitro benzene ring substituents is 1. The number of rotatable bonds is 3. The third-order valence-electron chi connectivity index (χ3n) is 2.11. The molecular formula is C10H8ClN3O3. The maximum Gasteiger partial charge on any atom is 0.271 e. The highest BCUT2D eigenvalue weighted by atomic mass is 35.5. The van der Waals surface area contributed by atoms with Gasteiger partial charge in [0, 0.05) is 12.1 Å². The summed E-state index contributed by atoms with van der Waals surface area (Å²) in [6.45, 7) is 2.24. The van der Waals surface area contributed by atoms with Crippen molar-refractivity contribution < 1.29 is 9.66 Å². The highest BCUT2D eigenvalue weighted by Gasteiger charge is 2.12. The Morgan fingerprint density at radius 1 is 1.47 bits per heavy atom. The Balaban J connectivity index is 2.66. The van der Waals surface area contributed by atoms with Gasteiger partial charge in [-0.05, 0) is 24.6 Å². The van der Waals surface area contributed by atoms with Crippen LogP contribution in [0.2, 0.25) is 5.28 Å². The summed E-state index contributed by atoms with van der Waals surface area (Å²) in [4.78, 5) is 18.0. The molecule has 0 aliphatic heterocycles. The number of halogens is 1. The highest BCUT2D eigenvalue weighted by Crippen LogP contribution is 2.27. The van der Waals surface area contributed by atoms with Crippen LogP contribution in [0.5, 0.6) is 5.88 Å². The fourth-order valence-electron chi connectivity index (χ4n) is 1.42. The molecule has 0 saturated carbocycles. The lowest BCUT2D eigenvalue weighted by Gasteiger charge is -2.05. The second-order valence-corrected chi connectivity index (χ2v) is 3.53. The van der Waals surface area contributed by atoms with E-state index in [1.165, 1.54) is 12.1 Å². The maximum absolute atomic E-state index is 10.6. The molecule has 0 spiro atoms. The van der Waals surface area contributed by atoms with E-state index in [-0.39, 0.29) is 11.0 Å². The average Bonchev–Trinajstić information content (AvgIpc) is 2.28. The maximum atomic E-state index is 10.6. The highest BCUT2D eigenvalue weighted by molar-refractivity contribution is 6.28. The fraction of sp³-hybridized carbons (Fsp3) is 0.200.